The number of aromatic hydroxyl groups is 1. The molecule has 0 aliphatic heterocycles. The van der Waals surface area contributed by atoms with Crippen LogP contribution >= 0.6 is 0 Å². The van der Waals surface area contributed by atoms with Crippen molar-refractivity contribution in [3.05, 3.63) is 121 Å². The minimum Gasteiger partial charge on any atom is -0.507 e. The predicted molar refractivity (Wildman–Crippen MR) is 146 cm³/mol. The van der Waals surface area contributed by atoms with E-state index in [1.807, 2.05) is 91.9 Å². The van der Waals surface area contributed by atoms with E-state index in [2.05, 4.69) is 0 Å². The number of nitrogens with zero attached hydrogens (tertiary/aromatic N) is 1. The molecule has 6 rings (SSSR count). The van der Waals surface area contributed by atoms with Crippen LogP contribution in [0.4, 0.5) is 0 Å². The lowest BCUT2D eigenvalue weighted by atomic mass is 9.91. The Bertz CT molecular complexity index is 1850. The molecule has 0 fully saturated rings. The summed E-state index contributed by atoms with van der Waals surface area (Å²) in [5.41, 5.74) is 4.51. The minimum absolute atomic E-state index is 0.102. The zero-order valence-electron chi connectivity index (χ0n) is 19.6. The van der Waals surface area contributed by atoms with Crippen LogP contribution in [0.5, 0.6) is 5.75 Å². The average Bonchev–Trinajstić information content (AvgIpc) is 3.30. The number of aryl methyl sites for hydroxylation is 1. The van der Waals surface area contributed by atoms with E-state index in [0.29, 0.717) is 22.2 Å². The van der Waals surface area contributed by atoms with Crippen molar-refractivity contribution in [2.75, 3.05) is 0 Å². The third kappa shape index (κ3) is 3.48. The van der Waals surface area contributed by atoms with Gasteiger partial charge in [0.15, 0.2) is 0 Å². The van der Waals surface area contributed by atoms with Crippen molar-refractivity contribution in [3.8, 4) is 28.1 Å². The van der Waals surface area contributed by atoms with E-state index in [0.717, 1.165) is 27.5 Å². The Labute approximate surface area is 209 Å². The second-order valence-corrected chi connectivity index (χ2v) is 10.7. The molecule has 1 aromatic heterocycles. The Morgan fingerprint density at radius 3 is 2.08 bits per heavy atom. The van der Waals surface area contributed by atoms with Crippen LogP contribution in [0.25, 0.3) is 44.1 Å². The highest BCUT2D eigenvalue weighted by molar-refractivity contribution is 7.90. The smallest absolute Gasteiger partial charge is 0.268 e. The van der Waals surface area contributed by atoms with Gasteiger partial charge in [-0.15, -0.1) is 0 Å². The van der Waals surface area contributed by atoms with Crippen LogP contribution in [0.3, 0.4) is 0 Å². The summed E-state index contributed by atoms with van der Waals surface area (Å²) in [6.07, 6.45) is 0. The molecule has 0 saturated heterocycles. The van der Waals surface area contributed by atoms with Crippen LogP contribution in [-0.4, -0.2) is 17.5 Å². The number of rotatable bonds is 4. The highest BCUT2D eigenvalue weighted by atomic mass is 32.2. The minimum atomic E-state index is -3.95. The lowest BCUT2D eigenvalue weighted by molar-refractivity contribution is 0.482. The molecule has 0 saturated carbocycles. The van der Waals surface area contributed by atoms with Crippen molar-refractivity contribution in [2.24, 2.45) is 0 Å². The van der Waals surface area contributed by atoms with Gasteiger partial charge in [0.1, 0.15) is 5.75 Å². The molecule has 36 heavy (non-hydrogen) atoms. The molecule has 0 aliphatic carbocycles. The molecule has 4 nitrogen and oxygen atoms in total. The monoisotopic (exact) mass is 489 g/mol. The van der Waals surface area contributed by atoms with E-state index in [1.165, 1.54) is 3.97 Å². The summed E-state index contributed by atoms with van der Waals surface area (Å²) in [7, 11) is -3.95. The van der Waals surface area contributed by atoms with Gasteiger partial charge in [-0.1, -0.05) is 90.5 Å². The van der Waals surface area contributed by atoms with Gasteiger partial charge in [0.05, 0.1) is 16.1 Å². The van der Waals surface area contributed by atoms with Gasteiger partial charge < -0.3 is 5.11 Å². The second-order valence-electron chi connectivity index (χ2n) is 8.90. The van der Waals surface area contributed by atoms with Crippen molar-refractivity contribution in [3.63, 3.8) is 0 Å². The van der Waals surface area contributed by atoms with Crippen LogP contribution in [0.2, 0.25) is 0 Å². The van der Waals surface area contributed by atoms with Crippen LogP contribution in [0, 0.1) is 6.92 Å². The maximum absolute atomic E-state index is 14.1. The van der Waals surface area contributed by atoms with Crippen LogP contribution in [-0.2, 0) is 10.0 Å². The van der Waals surface area contributed by atoms with E-state index in [-0.39, 0.29) is 10.6 Å². The van der Waals surface area contributed by atoms with Crippen LogP contribution in [0.1, 0.15) is 5.56 Å². The molecule has 1 N–H and O–H groups in total. The first-order valence-electron chi connectivity index (χ1n) is 11.7. The fourth-order valence-electron chi connectivity index (χ4n) is 4.87. The first-order chi connectivity index (χ1) is 17.4. The number of benzene rings is 5. The molecular formula is C31H23NO3S. The van der Waals surface area contributed by atoms with Crippen molar-refractivity contribution in [1.29, 1.82) is 0 Å². The molecule has 1 heterocycles. The normalized spacial score (nSPS) is 11.8. The Balaban J connectivity index is 1.76. The summed E-state index contributed by atoms with van der Waals surface area (Å²) >= 11 is 0. The van der Waals surface area contributed by atoms with Gasteiger partial charge in [-0.3, -0.25) is 0 Å². The third-order valence-electron chi connectivity index (χ3n) is 6.59. The SMILES string of the molecule is Cc1ccc(S(=O)(=O)n2c(-c3cc(O)c4ccccc4c3-c3ccccc3)cc3ccccc32)cc1. The molecule has 0 bridgehead atoms. The maximum atomic E-state index is 14.1. The summed E-state index contributed by atoms with van der Waals surface area (Å²) in [6, 6.07) is 35.4. The van der Waals surface area contributed by atoms with Gasteiger partial charge in [0.25, 0.3) is 10.0 Å². The van der Waals surface area contributed by atoms with Gasteiger partial charge >= 0.3 is 0 Å². The molecule has 0 unspecified atom stereocenters. The molecule has 0 radical (unpaired) electrons. The first kappa shape index (κ1) is 22.1. The van der Waals surface area contributed by atoms with Gasteiger partial charge in [0.2, 0.25) is 0 Å². The molecular weight excluding hydrogens is 466 g/mol. The number of hydrogen-bond donors (Lipinski definition) is 1. The van der Waals surface area contributed by atoms with Gasteiger partial charge in [-0.25, -0.2) is 12.4 Å². The van der Waals surface area contributed by atoms with Crippen LogP contribution < -0.4 is 0 Å². The number of fused-ring (bicyclic) bond motifs is 2. The zero-order valence-corrected chi connectivity index (χ0v) is 20.4. The van der Waals surface area contributed by atoms with Crippen molar-refractivity contribution < 1.29 is 13.5 Å². The Morgan fingerprint density at radius 1 is 0.694 bits per heavy atom. The molecule has 0 amide bonds. The van der Waals surface area contributed by atoms with Crippen molar-refractivity contribution in [1.82, 2.24) is 3.97 Å². The molecule has 0 aliphatic rings. The average molecular weight is 490 g/mol. The summed E-state index contributed by atoms with van der Waals surface area (Å²) < 4.78 is 29.6. The number of para-hydroxylation sites is 1. The number of phenols is 1. The Morgan fingerprint density at radius 2 is 1.33 bits per heavy atom. The quantitative estimate of drug-likeness (QED) is 0.281. The van der Waals surface area contributed by atoms with Crippen LogP contribution in [0.15, 0.2) is 120 Å². The maximum Gasteiger partial charge on any atom is 0.268 e. The summed E-state index contributed by atoms with van der Waals surface area (Å²) in [5, 5.41) is 13.4. The zero-order chi connectivity index (χ0) is 24.9. The molecule has 0 spiro atoms. The third-order valence-corrected chi connectivity index (χ3v) is 8.33. The van der Waals surface area contributed by atoms with E-state index in [4.69, 9.17) is 0 Å². The lowest BCUT2D eigenvalue weighted by Gasteiger charge is -2.18. The fraction of sp³-hybridized carbons (Fsp3) is 0.0323. The van der Waals surface area contributed by atoms with Crippen molar-refractivity contribution in [2.45, 2.75) is 11.8 Å². The van der Waals surface area contributed by atoms with Gasteiger partial charge in [0, 0.05) is 16.3 Å². The summed E-state index contributed by atoms with van der Waals surface area (Å²) in [6.45, 7) is 1.93. The van der Waals surface area contributed by atoms with E-state index >= 15 is 0 Å². The molecule has 0 atom stereocenters. The lowest BCUT2D eigenvalue weighted by Crippen LogP contribution is -2.14. The van der Waals surface area contributed by atoms with E-state index in [1.54, 1.807) is 30.3 Å². The Kier molecular flexibility index (Phi) is 5.16. The molecule has 176 valence electrons. The van der Waals surface area contributed by atoms with Gasteiger partial charge in [-0.2, -0.15) is 0 Å². The molecule has 5 heteroatoms. The fourth-order valence-corrected chi connectivity index (χ4v) is 6.39. The topological polar surface area (TPSA) is 59.3 Å². The number of hydrogen-bond acceptors (Lipinski definition) is 3. The standard InChI is InChI=1S/C31H23NO3S/c1-21-15-17-24(18-16-21)36(34,35)32-28-14-8-5-11-23(28)19-29(32)27-20-30(33)25-12-6-7-13-26(25)31(27)22-9-3-2-4-10-22/h2-20,33H,1H3. The first-order valence-corrected chi connectivity index (χ1v) is 13.1. The number of aromatic nitrogens is 1. The highest BCUT2D eigenvalue weighted by Crippen LogP contribution is 2.44. The van der Waals surface area contributed by atoms with E-state index in [9.17, 15) is 13.5 Å². The van der Waals surface area contributed by atoms with E-state index < -0.39 is 10.0 Å². The Hall–Kier alpha value is -4.35. The van der Waals surface area contributed by atoms with Crippen molar-refractivity contribution >= 4 is 31.7 Å². The van der Waals surface area contributed by atoms with Gasteiger partial charge in [-0.05, 0) is 53.8 Å². The number of phenolic OH excluding ortho intramolecular Hbond substituents is 1. The highest BCUT2D eigenvalue weighted by Gasteiger charge is 2.26. The summed E-state index contributed by atoms with van der Waals surface area (Å²) in [4.78, 5) is 0.210. The second kappa shape index (κ2) is 8.40. The molecule has 5 aromatic carbocycles. The largest absolute Gasteiger partial charge is 0.507 e. The molecule has 6 aromatic rings. The summed E-state index contributed by atoms with van der Waals surface area (Å²) in [5.74, 6) is 0.102. The predicted octanol–water partition coefficient (Wildman–Crippen LogP) is 7.38.